The van der Waals surface area contributed by atoms with Crippen LogP contribution < -0.4 is 0 Å². The molecule has 0 bridgehead atoms. The Balaban J connectivity index is 2.06. The molecular formula is C18H28O4. The Labute approximate surface area is 133 Å². The molecule has 2 atom stereocenters. The van der Waals surface area contributed by atoms with Crippen molar-refractivity contribution in [3.8, 4) is 5.75 Å². The van der Waals surface area contributed by atoms with Crippen molar-refractivity contribution in [1.29, 1.82) is 0 Å². The van der Waals surface area contributed by atoms with Gasteiger partial charge in [-0.2, -0.15) is 0 Å². The number of unbranched alkanes of at least 4 members (excludes halogenated alkanes) is 5. The molecule has 0 spiro atoms. The van der Waals surface area contributed by atoms with Crippen LogP contribution in [0.15, 0.2) is 18.2 Å². The predicted molar refractivity (Wildman–Crippen MR) is 85.6 cm³/mol. The number of methoxy groups -OCH3 is 2. The van der Waals surface area contributed by atoms with Gasteiger partial charge in [0, 0.05) is 26.2 Å². The summed E-state index contributed by atoms with van der Waals surface area (Å²) < 4.78 is 17.1. The summed E-state index contributed by atoms with van der Waals surface area (Å²) in [6.45, 7) is 2.22. The second-order valence-electron chi connectivity index (χ2n) is 5.90. The Morgan fingerprint density at radius 1 is 1.14 bits per heavy atom. The van der Waals surface area contributed by atoms with Crippen molar-refractivity contribution in [2.75, 3.05) is 14.2 Å². The van der Waals surface area contributed by atoms with E-state index in [4.69, 9.17) is 14.2 Å². The van der Waals surface area contributed by atoms with Gasteiger partial charge in [0.1, 0.15) is 5.75 Å². The molecule has 1 aliphatic heterocycles. The minimum absolute atomic E-state index is 0.200. The van der Waals surface area contributed by atoms with E-state index in [1.807, 2.05) is 12.1 Å². The molecule has 1 heterocycles. The standard InChI is InChI=1S/C18H28O4/c1-4-5-6-7-8-9-13-18(21-3)14-11-10-12-15(19)16(14)17(20-2)22-18/h10-12,17,19H,4-9,13H2,1-3H3. The largest absolute Gasteiger partial charge is 0.507 e. The fraction of sp³-hybridized carbons (Fsp3) is 0.667. The molecule has 0 saturated carbocycles. The van der Waals surface area contributed by atoms with Crippen LogP contribution >= 0.6 is 0 Å². The zero-order chi connectivity index (χ0) is 16.0. The predicted octanol–water partition coefficient (Wildman–Crippen LogP) is 4.62. The summed E-state index contributed by atoms with van der Waals surface area (Å²) in [5.41, 5.74) is 1.58. The lowest BCUT2D eigenvalue weighted by molar-refractivity contribution is -0.292. The number of hydrogen-bond donors (Lipinski definition) is 1. The lowest BCUT2D eigenvalue weighted by atomic mass is 9.96. The number of phenolic OH excluding ortho intramolecular Hbond substituents is 1. The molecule has 1 aromatic carbocycles. The smallest absolute Gasteiger partial charge is 0.198 e. The maximum Gasteiger partial charge on any atom is 0.198 e. The van der Waals surface area contributed by atoms with Crippen LogP contribution in [0.4, 0.5) is 0 Å². The van der Waals surface area contributed by atoms with Crippen LogP contribution in [0.3, 0.4) is 0 Å². The van der Waals surface area contributed by atoms with Gasteiger partial charge in [0.2, 0.25) is 0 Å². The Bertz CT molecular complexity index is 474. The van der Waals surface area contributed by atoms with E-state index in [1.165, 1.54) is 32.1 Å². The van der Waals surface area contributed by atoms with Crippen molar-refractivity contribution in [1.82, 2.24) is 0 Å². The summed E-state index contributed by atoms with van der Waals surface area (Å²) >= 11 is 0. The van der Waals surface area contributed by atoms with Crippen molar-refractivity contribution >= 4 is 0 Å². The topological polar surface area (TPSA) is 47.9 Å². The Morgan fingerprint density at radius 2 is 1.86 bits per heavy atom. The Hall–Kier alpha value is -1.10. The molecule has 4 nitrogen and oxygen atoms in total. The molecule has 0 aromatic heterocycles. The third-order valence-electron chi connectivity index (χ3n) is 4.43. The molecule has 0 aliphatic carbocycles. The first-order valence-electron chi connectivity index (χ1n) is 8.26. The van der Waals surface area contributed by atoms with E-state index in [2.05, 4.69) is 6.92 Å². The lowest BCUT2D eigenvalue weighted by Gasteiger charge is -2.28. The molecule has 2 rings (SSSR count). The molecule has 0 fully saturated rings. The molecule has 22 heavy (non-hydrogen) atoms. The van der Waals surface area contributed by atoms with Crippen molar-refractivity contribution in [3.05, 3.63) is 29.3 Å². The average molecular weight is 308 g/mol. The maximum atomic E-state index is 10.1. The van der Waals surface area contributed by atoms with E-state index in [9.17, 15) is 5.11 Å². The Kier molecular flexibility index (Phi) is 6.24. The molecule has 0 radical (unpaired) electrons. The van der Waals surface area contributed by atoms with Crippen LogP contribution in [0.25, 0.3) is 0 Å². The molecule has 0 amide bonds. The first kappa shape index (κ1) is 17.3. The highest BCUT2D eigenvalue weighted by molar-refractivity contribution is 5.45. The van der Waals surface area contributed by atoms with Crippen LogP contribution in [-0.4, -0.2) is 19.3 Å². The van der Waals surface area contributed by atoms with Gasteiger partial charge < -0.3 is 19.3 Å². The summed E-state index contributed by atoms with van der Waals surface area (Å²) in [7, 11) is 3.24. The van der Waals surface area contributed by atoms with Gasteiger partial charge in [0.05, 0.1) is 5.56 Å². The highest BCUT2D eigenvalue weighted by Gasteiger charge is 2.46. The average Bonchev–Trinajstić information content (AvgIpc) is 2.87. The first-order chi connectivity index (χ1) is 10.7. The quantitative estimate of drug-likeness (QED) is 0.676. The maximum absolute atomic E-state index is 10.1. The minimum atomic E-state index is -0.806. The third kappa shape index (κ3) is 3.45. The van der Waals surface area contributed by atoms with Gasteiger partial charge in [-0.1, -0.05) is 51.2 Å². The van der Waals surface area contributed by atoms with Gasteiger partial charge in [0.25, 0.3) is 0 Å². The van der Waals surface area contributed by atoms with Gasteiger partial charge in [-0.15, -0.1) is 0 Å². The normalized spacial score (nSPS) is 23.7. The van der Waals surface area contributed by atoms with E-state index >= 15 is 0 Å². The highest BCUT2D eigenvalue weighted by Crippen LogP contribution is 2.50. The van der Waals surface area contributed by atoms with E-state index in [-0.39, 0.29) is 5.75 Å². The number of aromatic hydroxyl groups is 1. The van der Waals surface area contributed by atoms with E-state index in [1.54, 1.807) is 20.3 Å². The first-order valence-corrected chi connectivity index (χ1v) is 8.26. The number of rotatable bonds is 9. The fourth-order valence-electron chi connectivity index (χ4n) is 3.19. The lowest BCUT2D eigenvalue weighted by Crippen LogP contribution is -2.28. The Morgan fingerprint density at radius 3 is 2.55 bits per heavy atom. The minimum Gasteiger partial charge on any atom is -0.507 e. The molecule has 1 aromatic rings. The van der Waals surface area contributed by atoms with Crippen molar-refractivity contribution < 1.29 is 19.3 Å². The molecule has 2 unspecified atom stereocenters. The molecule has 1 N–H and O–H groups in total. The zero-order valence-electron chi connectivity index (χ0n) is 13.9. The van der Waals surface area contributed by atoms with Gasteiger partial charge in [-0.3, -0.25) is 0 Å². The van der Waals surface area contributed by atoms with Crippen molar-refractivity contribution in [2.45, 2.75) is 63.9 Å². The molecular weight excluding hydrogens is 280 g/mol. The molecule has 1 aliphatic rings. The summed E-state index contributed by atoms with van der Waals surface area (Å²) in [5.74, 6) is -0.606. The van der Waals surface area contributed by atoms with Crippen LogP contribution in [0.1, 0.15) is 69.3 Å². The van der Waals surface area contributed by atoms with Crippen molar-refractivity contribution in [3.63, 3.8) is 0 Å². The van der Waals surface area contributed by atoms with E-state index in [0.717, 1.165) is 18.4 Å². The van der Waals surface area contributed by atoms with Crippen LogP contribution in [-0.2, 0) is 20.0 Å². The van der Waals surface area contributed by atoms with Gasteiger partial charge in [-0.05, 0) is 12.5 Å². The van der Waals surface area contributed by atoms with E-state index in [0.29, 0.717) is 5.56 Å². The zero-order valence-corrected chi connectivity index (χ0v) is 13.9. The summed E-state index contributed by atoms with van der Waals surface area (Å²) in [6, 6.07) is 5.43. The molecule has 0 saturated heterocycles. The molecule has 4 heteroatoms. The van der Waals surface area contributed by atoms with Crippen LogP contribution in [0, 0.1) is 0 Å². The summed E-state index contributed by atoms with van der Waals surface area (Å²) in [6.07, 6.45) is 7.48. The van der Waals surface area contributed by atoms with Gasteiger partial charge >= 0.3 is 0 Å². The second kappa shape index (κ2) is 7.95. The number of benzene rings is 1. The van der Waals surface area contributed by atoms with E-state index < -0.39 is 12.1 Å². The monoisotopic (exact) mass is 308 g/mol. The third-order valence-corrected chi connectivity index (χ3v) is 4.43. The fourth-order valence-corrected chi connectivity index (χ4v) is 3.19. The number of phenols is 1. The number of hydrogen-bond acceptors (Lipinski definition) is 4. The molecule has 124 valence electrons. The van der Waals surface area contributed by atoms with Crippen LogP contribution in [0.5, 0.6) is 5.75 Å². The summed E-state index contributed by atoms with van der Waals surface area (Å²) in [4.78, 5) is 0. The SMILES string of the molecule is CCCCCCCCC1(OC)OC(OC)c2c(O)cccc21. The number of fused-ring (bicyclic) bond motifs is 1. The van der Waals surface area contributed by atoms with Crippen molar-refractivity contribution in [2.24, 2.45) is 0 Å². The number of ether oxygens (including phenoxy) is 3. The van der Waals surface area contributed by atoms with Gasteiger partial charge in [0.15, 0.2) is 12.1 Å². The van der Waals surface area contributed by atoms with Gasteiger partial charge in [-0.25, -0.2) is 0 Å². The summed E-state index contributed by atoms with van der Waals surface area (Å²) in [5, 5.41) is 10.1. The highest BCUT2D eigenvalue weighted by atomic mass is 16.8. The second-order valence-corrected chi connectivity index (χ2v) is 5.90. The van der Waals surface area contributed by atoms with Crippen LogP contribution in [0.2, 0.25) is 0 Å².